The van der Waals surface area contributed by atoms with Crippen molar-refractivity contribution in [1.82, 2.24) is 14.8 Å². The molecule has 0 radical (unpaired) electrons. The SMILES string of the molecule is CN1CCN(Cc2ccc(NC(=O)Cc3csc(NS(=O)(=O)c4ccccc4)n3)cc2)CC1. The van der Waals surface area contributed by atoms with E-state index in [0.717, 1.165) is 49.7 Å². The zero-order valence-corrected chi connectivity index (χ0v) is 20.0. The molecule has 1 saturated heterocycles. The molecule has 33 heavy (non-hydrogen) atoms. The van der Waals surface area contributed by atoms with Crippen LogP contribution in [0.2, 0.25) is 0 Å². The fourth-order valence-corrected chi connectivity index (χ4v) is 5.52. The summed E-state index contributed by atoms with van der Waals surface area (Å²) in [6.45, 7) is 5.20. The molecule has 2 aromatic carbocycles. The van der Waals surface area contributed by atoms with Gasteiger partial charge in [0.25, 0.3) is 10.0 Å². The van der Waals surface area contributed by atoms with Gasteiger partial charge in [0.1, 0.15) is 0 Å². The molecule has 1 fully saturated rings. The van der Waals surface area contributed by atoms with Crippen LogP contribution < -0.4 is 10.0 Å². The van der Waals surface area contributed by atoms with E-state index in [2.05, 4.69) is 31.9 Å². The monoisotopic (exact) mass is 485 g/mol. The van der Waals surface area contributed by atoms with Crippen LogP contribution in [0.1, 0.15) is 11.3 Å². The average molecular weight is 486 g/mol. The molecule has 8 nitrogen and oxygen atoms in total. The number of sulfonamides is 1. The van der Waals surface area contributed by atoms with E-state index in [0.29, 0.717) is 5.69 Å². The minimum Gasteiger partial charge on any atom is -0.326 e. The molecule has 0 saturated carbocycles. The summed E-state index contributed by atoms with van der Waals surface area (Å²) in [5, 5.41) is 4.79. The smallest absolute Gasteiger partial charge is 0.263 e. The highest BCUT2D eigenvalue weighted by Crippen LogP contribution is 2.21. The Bertz CT molecular complexity index is 1170. The second-order valence-corrected chi connectivity index (χ2v) is 10.6. The van der Waals surface area contributed by atoms with Crippen LogP contribution in [-0.2, 0) is 27.8 Å². The summed E-state index contributed by atoms with van der Waals surface area (Å²) in [7, 11) is -1.56. The summed E-state index contributed by atoms with van der Waals surface area (Å²) in [6, 6.07) is 16.0. The number of hydrogen-bond donors (Lipinski definition) is 2. The van der Waals surface area contributed by atoms with Gasteiger partial charge >= 0.3 is 0 Å². The molecule has 1 aliphatic heterocycles. The largest absolute Gasteiger partial charge is 0.326 e. The Morgan fingerprint density at radius 3 is 2.42 bits per heavy atom. The Morgan fingerprint density at radius 1 is 1.03 bits per heavy atom. The van der Waals surface area contributed by atoms with E-state index in [9.17, 15) is 13.2 Å². The number of hydrogen-bond acceptors (Lipinski definition) is 7. The number of amides is 1. The molecule has 1 aromatic heterocycles. The van der Waals surface area contributed by atoms with Crippen LogP contribution >= 0.6 is 11.3 Å². The molecule has 1 aliphatic rings. The lowest BCUT2D eigenvalue weighted by Crippen LogP contribution is -2.43. The summed E-state index contributed by atoms with van der Waals surface area (Å²) in [5.74, 6) is -0.204. The molecule has 4 rings (SSSR count). The van der Waals surface area contributed by atoms with E-state index >= 15 is 0 Å². The van der Waals surface area contributed by atoms with Gasteiger partial charge < -0.3 is 10.2 Å². The lowest BCUT2D eigenvalue weighted by molar-refractivity contribution is -0.115. The Labute approximate surface area is 198 Å². The molecule has 174 valence electrons. The molecule has 0 atom stereocenters. The number of carbonyl (C=O) groups excluding carboxylic acids is 1. The summed E-state index contributed by atoms with van der Waals surface area (Å²) in [5.41, 5.74) is 2.45. The summed E-state index contributed by atoms with van der Waals surface area (Å²) < 4.78 is 27.3. The highest BCUT2D eigenvalue weighted by atomic mass is 32.2. The standard InChI is InChI=1S/C23H27N5O3S2/c1-27-11-13-28(14-12-27)16-18-7-9-19(10-8-18)24-22(29)15-20-17-32-23(25-20)26-33(30,31)21-5-3-2-4-6-21/h2-10,17H,11-16H2,1H3,(H,24,29)(H,25,26). The first-order valence-corrected chi connectivity index (χ1v) is 13.1. The zero-order chi connectivity index (χ0) is 23.3. The van der Waals surface area contributed by atoms with Gasteiger partial charge in [-0.1, -0.05) is 30.3 Å². The van der Waals surface area contributed by atoms with Crippen molar-refractivity contribution in [3.63, 3.8) is 0 Å². The van der Waals surface area contributed by atoms with Crippen LogP contribution in [0.5, 0.6) is 0 Å². The highest BCUT2D eigenvalue weighted by Gasteiger charge is 2.17. The third kappa shape index (κ3) is 6.61. The van der Waals surface area contributed by atoms with E-state index in [4.69, 9.17) is 0 Å². The third-order valence-corrected chi connectivity index (χ3v) is 7.70. The fraction of sp³-hybridized carbons (Fsp3) is 0.304. The normalized spacial score (nSPS) is 15.3. The molecule has 0 aliphatic carbocycles. The highest BCUT2D eigenvalue weighted by molar-refractivity contribution is 7.93. The first-order valence-electron chi connectivity index (χ1n) is 10.7. The predicted octanol–water partition coefficient (Wildman–Crippen LogP) is 2.87. The molecule has 2 N–H and O–H groups in total. The maximum atomic E-state index is 12.4. The molecule has 0 unspecified atom stereocenters. The second-order valence-electron chi connectivity index (χ2n) is 8.06. The van der Waals surface area contributed by atoms with Crippen molar-refractivity contribution in [2.45, 2.75) is 17.9 Å². The fourth-order valence-electron chi connectivity index (χ4n) is 3.54. The van der Waals surface area contributed by atoms with E-state index < -0.39 is 10.0 Å². The van der Waals surface area contributed by atoms with Crippen molar-refractivity contribution < 1.29 is 13.2 Å². The molecule has 3 aromatic rings. The number of aromatic nitrogens is 1. The van der Waals surface area contributed by atoms with Crippen LogP contribution in [0, 0.1) is 0 Å². The summed E-state index contributed by atoms with van der Waals surface area (Å²) >= 11 is 1.15. The summed E-state index contributed by atoms with van der Waals surface area (Å²) in [6.07, 6.45) is 0.0621. The Hall–Kier alpha value is -2.79. The van der Waals surface area contributed by atoms with Gasteiger partial charge in [-0.25, -0.2) is 13.4 Å². The Kier molecular flexibility index (Phi) is 7.39. The predicted molar refractivity (Wildman–Crippen MR) is 131 cm³/mol. The number of carbonyl (C=O) groups is 1. The number of piperazine rings is 1. The van der Waals surface area contributed by atoms with Crippen LogP contribution in [-0.4, -0.2) is 62.3 Å². The topological polar surface area (TPSA) is 94.6 Å². The maximum absolute atomic E-state index is 12.4. The van der Waals surface area contributed by atoms with Gasteiger partial charge in [0, 0.05) is 43.8 Å². The first-order chi connectivity index (χ1) is 15.9. The molecule has 0 spiro atoms. The van der Waals surface area contributed by atoms with Crippen molar-refractivity contribution >= 4 is 38.1 Å². The molecule has 2 heterocycles. The van der Waals surface area contributed by atoms with Crippen molar-refractivity contribution in [2.75, 3.05) is 43.3 Å². The van der Waals surface area contributed by atoms with Gasteiger partial charge in [-0.05, 0) is 36.9 Å². The molecular weight excluding hydrogens is 458 g/mol. The number of nitrogens with one attached hydrogen (secondary N) is 2. The quantitative estimate of drug-likeness (QED) is 0.510. The second kappa shape index (κ2) is 10.4. The molecule has 0 bridgehead atoms. The third-order valence-electron chi connectivity index (χ3n) is 5.41. The van der Waals surface area contributed by atoms with Crippen molar-refractivity contribution in [1.29, 1.82) is 0 Å². The number of benzene rings is 2. The average Bonchev–Trinajstić information content (AvgIpc) is 3.23. The number of thiazole rings is 1. The van der Waals surface area contributed by atoms with Crippen LogP contribution in [0.15, 0.2) is 64.9 Å². The molecule has 10 heteroatoms. The van der Waals surface area contributed by atoms with Gasteiger partial charge in [0.15, 0.2) is 5.13 Å². The zero-order valence-electron chi connectivity index (χ0n) is 18.4. The van der Waals surface area contributed by atoms with Gasteiger partial charge in [-0.2, -0.15) is 0 Å². The van der Waals surface area contributed by atoms with Crippen LogP contribution in [0.3, 0.4) is 0 Å². The van der Waals surface area contributed by atoms with Gasteiger partial charge in [0.2, 0.25) is 5.91 Å². The molecular formula is C23H27N5O3S2. The van der Waals surface area contributed by atoms with E-state index in [1.165, 1.54) is 17.7 Å². The van der Waals surface area contributed by atoms with Crippen molar-refractivity contribution in [3.05, 3.63) is 71.2 Å². The maximum Gasteiger partial charge on any atom is 0.263 e. The van der Waals surface area contributed by atoms with E-state index in [-0.39, 0.29) is 22.4 Å². The van der Waals surface area contributed by atoms with Gasteiger partial charge in [-0.15, -0.1) is 11.3 Å². The van der Waals surface area contributed by atoms with Gasteiger partial charge in [-0.3, -0.25) is 14.4 Å². The van der Waals surface area contributed by atoms with Crippen LogP contribution in [0.4, 0.5) is 10.8 Å². The summed E-state index contributed by atoms with van der Waals surface area (Å²) in [4.78, 5) is 21.6. The van der Waals surface area contributed by atoms with Gasteiger partial charge in [0.05, 0.1) is 17.0 Å². The lowest BCUT2D eigenvalue weighted by Gasteiger charge is -2.32. The van der Waals surface area contributed by atoms with Crippen molar-refractivity contribution in [3.8, 4) is 0 Å². The molecule has 1 amide bonds. The first kappa shape index (κ1) is 23.4. The van der Waals surface area contributed by atoms with Crippen molar-refractivity contribution in [2.24, 2.45) is 0 Å². The minimum absolute atomic E-state index is 0.0621. The number of nitrogens with zero attached hydrogens (tertiary/aromatic N) is 3. The lowest BCUT2D eigenvalue weighted by atomic mass is 10.1. The van der Waals surface area contributed by atoms with E-state index in [1.807, 2.05) is 24.3 Å². The number of anilines is 2. The van der Waals surface area contributed by atoms with Crippen LogP contribution in [0.25, 0.3) is 0 Å². The number of likely N-dealkylation sites (N-methyl/N-ethyl adjacent to an activating group) is 1. The van der Waals surface area contributed by atoms with E-state index in [1.54, 1.807) is 23.6 Å². The number of rotatable bonds is 8. The minimum atomic E-state index is -3.70. The Balaban J connectivity index is 1.28. The Morgan fingerprint density at radius 2 is 1.73 bits per heavy atom.